The van der Waals surface area contributed by atoms with Crippen LogP contribution in [-0.4, -0.2) is 20.8 Å². The number of aryl methyl sites for hydroxylation is 1. The van der Waals surface area contributed by atoms with E-state index in [-0.39, 0.29) is 18.1 Å². The molecule has 0 N–H and O–H groups in total. The van der Waals surface area contributed by atoms with Crippen molar-refractivity contribution in [1.82, 2.24) is 15.0 Å². The summed E-state index contributed by atoms with van der Waals surface area (Å²) in [6, 6.07) is 39.4. The molecule has 0 aliphatic carbocycles. The largest absolute Gasteiger partial charge is 0.463 e. The molecule has 0 saturated heterocycles. The lowest BCUT2D eigenvalue weighted by molar-refractivity contribution is 0.0965. The van der Waals surface area contributed by atoms with Gasteiger partial charge in [0.25, 0.3) is 0 Å². The van der Waals surface area contributed by atoms with E-state index >= 15 is 0 Å². The smallest absolute Gasteiger partial charge is 0.163 e. The predicted octanol–water partition coefficient (Wildman–Crippen LogP) is 7.65. The molecule has 2 aromatic heterocycles. The molecule has 0 fully saturated rings. The number of carbonyl (C=O) groups excluding carboxylic acids is 1. The van der Waals surface area contributed by atoms with Crippen LogP contribution < -0.4 is 0 Å². The van der Waals surface area contributed by atoms with Gasteiger partial charge in [0.15, 0.2) is 5.78 Å². The fourth-order valence-corrected chi connectivity index (χ4v) is 5.19. The van der Waals surface area contributed by atoms with Crippen LogP contribution in [0.1, 0.15) is 45.8 Å². The molecule has 0 aliphatic rings. The van der Waals surface area contributed by atoms with Gasteiger partial charge in [-0.15, -0.1) is 5.10 Å². The lowest BCUT2D eigenvalue weighted by Crippen LogP contribution is -2.23. The SMILES string of the molecule is Cc1oc(C(C(CC(=O)c2ccccc2)c2ccccc2)n2nnc3ccccc32)cc1-c1ccccc1. The van der Waals surface area contributed by atoms with Gasteiger partial charge in [0.2, 0.25) is 0 Å². The Morgan fingerprint density at radius 3 is 2.18 bits per heavy atom. The van der Waals surface area contributed by atoms with Crippen LogP contribution in [0.3, 0.4) is 0 Å². The maximum Gasteiger partial charge on any atom is 0.163 e. The van der Waals surface area contributed by atoms with Gasteiger partial charge in [-0.05, 0) is 36.2 Å². The molecule has 0 radical (unpaired) electrons. The number of furan rings is 1. The summed E-state index contributed by atoms with van der Waals surface area (Å²) in [5, 5.41) is 9.06. The first-order chi connectivity index (χ1) is 18.7. The van der Waals surface area contributed by atoms with E-state index in [9.17, 15) is 4.79 Å². The molecule has 5 heteroatoms. The summed E-state index contributed by atoms with van der Waals surface area (Å²) < 4.78 is 8.41. The van der Waals surface area contributed by atoms with Crippen LogP contribution in [0.25, 0.3) is 22.2 Å². The highest BCUT2D eigenvalue weighted by Crippen LogP contribution is 2.41. The van der Waals surface area contributed by atoms with Crippen molar-refractivity contribution in [3.8, 4) is 11.1 Å². The van der Waals surface area contributed by atoms with E-state index in [1.54, 1.807) is 0 Å². The Morgan fingerprint density at radius 1 is 0.816 bits per heavy atom. The molecule has 0 bridgehead atoms. The minimum atomic E-state index is -0.395. The first-order valence-corrected chi connectivity index (χ1v) is 12.8. The highest BCUT2D eigenvalue weighted by molar-refractivity contribution is 5.96. The maximum atomic E-state index is 13.6. The highest BCUT2D eigenvalue weighted by atomic mass is 16.3. The third-order valence-corrected chi connectivity index (χ3v) is 7.06. The van der Waals surface area contributed by atoms with Gasteiger partial charge in [-0.1, -0.05) is 108 Å². The fourth-order valence-electron chi connectivity index (χ4n) is 5.19. The highest BCUT2D eigenvalue weighted by Gasteiger charge is 2.34. The number of fused-ring (bicyclic) bond motifs is 1. The molecule has 0 saturated carbocycles. The van der Waals surface area contributed by atoms with Crippen molar-refractivity contribution >= 4 is 16.8 Å². The molecular weight excluding hydrogens is 470 g/mol. The van der Waals surface area contributed by atoms with E-state index in [0.717, 1.165) is 39.2 Å². The van der Waals surface area contributed by atoms with Gasteiger partial charge in [0.1, 0.15) is 23.1 Å². The average molecular weight is 498 g/mol. The van der Waals surface area contributed by atoms with Crippen molar-refractivity contribution in [2.45, 2.75) is 25.3 Å². The second kappa shape index (κ2) is 10.3. The Balaban J connectivity index is 1.53. The Hall–Kier alpha value is -4.77. The number of aromatic nitrogens is 3. The predicted molar refractivity (Wildman–Crippen MR) is 149 cm³/mol. The molecule has 0 spiro atoms. The zero-order valence-electron chi connectivity index (χ0n) is 21.1. The Bertz CT molecular complexity index is 1670. The van der Waals surface area contributed by atoms with E-state index in [4.69, 9.17) is 4.42 Å². The number of benzene rings is 4. The summed E-state index contributed by atoms with van der Waals surface area (Å²) in [7, 11) is 0. The van der Waals surface area contributed by atoms with Crippen molar-refractivity contribution in [3.05, 3.63) is 144 Å². The van der Waals surface area contributed by atoms with Gasteiger partial charge in [-0.25, -0.2) is 4.68 Å². The zero-order valence-corrected chi connectivity index (χ0v) is 21.1. The number of rotatable bonds is 8. The van der Waals surface area contributed by atoms with Crippen LogP contribution in [0.5, 0.6) is 0 Å². The summed E-state index contributed by atoms with van der Waals surface area (Å²) in [4.78, 5) is 13.6. The van der Waals surface area contributed by atoms with E-state index in [1.165, 1.54) is 0 Å². The third-order valence-electron chi connectivity index (χ3n) is 7.06. The number of hydrogen-bond donors (Lipinski definition) is 0. The summed E-state index contributed by atoms with van der Waals surface area (Å²) in [6.07, 6.45) is 0.285. The standard InChI is InChI=1S/C33H27N3O2/c1-23-27(24-13-5-2-6-14-24)22-32(38-23)33(36-30-20-12-11-19-29(30)34-35-36)28(25-15-7-3-8-16-25)21-31(37)26-17-9-4-10-18-26/h2-20,22,28,33H,21H2,1H3. The van der Waals surface area contributed by atoms with Crippen LogP contribution in [0, 0.1) is 6.92 Å². The number of carbonyl (C=O) groups is 1. The molecule has 0 amide bonds. The van der Waals surface area contributed by atoms with Crippen LogP contribution in [0.15, 0.2) is 126 Å². The molecule has 2 atom stereocenters. The molecule has 186 valence electrons. The van der Waals surface area contributed by atoms with Crippen molar-refractivity contribution in [2.75, 3.05) is 0 Å². The number of para-hydroxylation sites is 1. The molecule has 6 aromatic rings. The van der Waals surface area contributed by atoms with Gasteiger partial charge < -0.3 is 4.42 Å². The van der Waals surface area contributed by atoms with Gasteiger partial charge in [-0.2, -0.15) is 0 Å². The minimum Gasteiger partial charge on any atom is -0.463 e. The van der Waals surface area contributed by atoms with E-state index < -0.39 is 6.04 Å². The third kappa shape index (κ3) is 4.55. The first kappa shape index (κ1) is 23.6. The monoisotopic (exact) mass is 497 g/mol. The van der Waals surface area contributed by atoms with Crippen molar-refractivity contribution in [2.24, 2.45) is 0 Å². The zero-order chi connectivity index (χ0) is 25.9. The lowest BCUT2D eigenvalue weighted by atomic mass is 9.84. The van der Waals surface area contributed by atoms with Crippen molar-refractivity contribution in [1.29, 1.82) is 0 Å². The van der Waals surface area contributed by atoms with E-state index in [2.05, 4.69) is 40.6 Å². The number of Topliss-reactive ketones (excluding diaryl/α,β-unsaturated/α-hetero) is 1. The first-order valence-electron chi connectivity index (χ1n) is 12.8. The van der Waals surface area contributed by atoms with Crippen LogP contribution in [-0.2, 0) is 0 Å². The van der Waals surface area contributed by atoms with Crippen molar-refractivity contribution in [3.63, 3.8) is 0 Å². The van der Waals surface area contributed by atoms with Gasteiger partial charge in [-0.3, -0.25) is 4.79 Å². The summed E-state index contributed by atoms with van der Waals surface area (Å²) in [5.74, 6) is 1.39. The van der Waals surface area contributed by atoms with Crippen LogP contribution in [0.2, 0.25) is 0 Å². The lowest BCUT2D eigenvalue weighted by Gasteiger charge is -2.26. The summed E-state index contributed by atoms with van der Waals surface area (Å²) >= 11 is 0. The molecule has 5 nitrogen and oxygen atoms in total. The van der Waals surface area contributed by atoms with Gasteiger partial charge in [0, 0.05) is 23.5 Å². The van der Waals surface area contributed by atoms with Crippen molar-refractivity contribution < 1.29 is 9.21 Å². The Morgan fingerprint density at radius 2 is 1.45 bits per heavy atom. The number of nitrogens with zero attached hydrogens (tertiary/aromatic N) is 3. The molecule has 2 unspecified atom stereocenters. The Labute approximate surface area is 221 Å². The fraction of sp³-hybridized carbons (Fsp3) is 0.121. The summed E-state index contributed by atoms with van der Waals surface area (Å²) in [5.41, 5.74) is 5.52. The maximum absolute atomic E-state index is 13.6. The number of hydrogen-bond acceptors (Lipinski definition) is 4. The molecular formula is C33H27N3O2. The van der Waals surface area contributed by atoms with Gasteiger partial charge >= 0.3 is 0 Å². The molecule has 2 heterocycles. The van der Waals surface area contributed by atoms with Gasteiger partial charge in [0.05, 0.1) is 5.52 Å². The molecule has 6 rings (SSSR count). The van der Waals surface area contributed by atoms with Crippen LogP contribution in [0.4, 0.5) is 0 Å². The quantitative estimate of drug-likeness (QED) is 0.203. The normalized spacial score (nSPS) is 12.9. The van der Waals surface area contributed by atoms with E-state index in [1.807, 2.05) is 103 Å². The topological polar surface area (TPSA) is 60.9 Å². The molecule has 0 aliphatic heterocycles. The minimum absolute atomic E-state index is 0.0698. The summed E-state index contributed by atoms with van der Waals surface area (Å²) in [6.45, 7) is 1.98. The molecule has 38 heavy (non-hydrogen) atoms. The average Bonchev–Trinajstić information content (AvgIpc) is 3.58. The number of ketones is 1. The molecule has 4 aromatic carbocycles. The van der Waals surface area contributed by atoms with E-state index in [0.29, 0.717) is 5.56 Å². The second-order valence-electron chi connectivity index (χ2n) is 9.46. The van der Waals surface area contributed by atoms with Crippen LogP contribution >= 0.6 is 0 Å². The Kier molecular flexibility index (Phi) is 6.40. The second-order valence-corrected chi connectivity index (χ2v) is 9.46.